The van der Waals surface area contributed by atoms with E-state index in [4.69, 9.17) is 18.3 Å². The van der Waals surface area contributed by atoms with Gasteiger partial charge in [-0.15, -0.1) is 0 Å². The quantitative estimate of drug-likeness (QED) is 0.120. The van der Waals surface area contributed by atoms with Gasteiger partial charge in [-0.2, -0.15) is 0 Å². The van der Waals surface area contributed by atoms with Crippen LogP contribution in [0.15, 0.2) is 83.6 Å². The number of hydrogen-bond acceptors (Lipinski definition) is 8. The predicted octanol–water partition coefficient (Wildman–Crippen LogP) is 9.41. The van der Waals surface area contributed by atoms with Gasteiger partial charge in [0.2, 0.25) is 5.89 Å². The van der Waals surface area contributed by atoms with E-state index in [-0.39, 0.29) is 41.1 Å². The molecule has 1 aliphatic heterocycles. The number of likely N-dealkylation sites (tertiary alicyclic amines) is 1. The number of carbonyl (C=O) groups is 3. The third-order valence-electron chi connectivity index (χ3n) is 10.4. The Balaban J connectivity index is 1.62. The van der Waals surface area contributed by atoms with E-state index in [9.17, 15) is 23.2 Å². The van der Waals surface area contributed by atoms with E-state index in [2.05, 4.69) is 49.5 Å². The lowest BCUT2D eigenvalue weighted by atomic mass is 9.94. The van der Waals surface area contributed by atoms with Gasteiger partial charge in [0.25, 0.3) is 11.8 Å². The number of hydrogen-bond donors (Lipinski definition) is 2. The Labute approximate surface area is 341 Å². The van der Waals surface area contributed by atoms with Gasteiger partial charge in [0.1, 0.15) is 23.5 Å². The number of halogens is 2. The van der Waals surface area contributed by atoms with E-state index >= 15 is 0 Å². The molecule has 5 rings (SSSR count). The average Bonchev–Trinajstić information content (AvgIpc) is 3.83. The molecule has 58 heavy (non-hydrogen) atoms. The van der Waals surface area contributed by atoms with E-state index in [0.29, 0.717) is 29.8 Å². The molecule has 4 atom stereocenters. The fraction of sp³-hybridized carbons (Fsp3) is 0.455. The highest BCUT2D eigenvalue weighted by Crippen LogP contribution is 2.40. The normalized spacial score (nSPS) is 17.1. The predicted molar refractivity (Wildman–Crippen MR) is 221 cm³/mol. The second-order valence-electron chi connectivity index (χ2n) is 17.3. The number of nitrogens with one attached hydrogen (secondary N) is 2. The van der Waals surface area contributed by atoms with Crippen molar-refractivity contribution in [3.63, 3.8) is 0 Å². The van der Waals surface area contributed by atoms with Crippen molar-refractivity contribution in [3.8, 4) is 11.5 Å². The van der Waals surface area contributed by atoms with Gasteiger partial charge in [-0.25, -0.2) is 18.6 Å². The van der Waals surface area contributed by atoms with E-state index in [1.165, 1.54) is 30.7 Å². The fourth-order valence-electron chi connectivity index (χ4n) is 6.62. The smallest absolute Gasteiger partial charge is 0.410 e. The molecule has 4 aromatic rings. The highest BCUT2D eigenvalue weighted by molar-refractivity contribution is 6.74. The third-order valence-corrected chi connectivity index (χ3v) is 14.8. The molecule has 3 aromatic carbocycles. The van der Waals surface area contributed by atoms with Crippen LogP contribution in [0.1, 0.15) is 87.6 Å². The lowest BCUT2D eigenvalue weighted by Crippen LogP contribution is -2.60. The van der Waals surface area contributed by atoms with Gasteiger partial charge in [0, 0.05) is 35.1 Å². The van der Waals surface area contributed by atoms with Gasteiger partial charge in [-0.05, 0) is 106 Å². The first-order valence-electron chi connectivity index (χ1n) is 19.7. The largest absolute Gasteiger partial charge is 0.445 e. The lowest BCUT2D eigenvalue weighted by molar-refractivity contribution is 0.000336. The van der Waals surface area contributed by atoms with Gasteiger partial charge in [-0.1, -0.05) is 45.9 Å². The molecule has 0 spiro atoms. The Morgan fingerprint density at radius 2 is 1.64 bits per heavy atom. The van der Waals surface area contributed by atoms with Crippen LogP contribution in [0.3, 0.4) is 0 Å². The molecule has 0 saturated carbocycles. The molecule has 1 fully saturated rings. The van der Waals surface area contributed by atoms with Crippen molar-refractivity contribution >= 4 is 31.9 Å². The molecular formula is C44H56F2N4O7Si. The number of oxazole rings is 1. The summed E-state index contributed by atoms with van der Waals surface area (Å²) in [5.74, 6) is -2.30. The molecule has 0 bridgehead atoms. The van der Waals surface area contributed by atoms with Crippen LogP contribution in [-0.4, -0.2) is 79.2 Å². The topological polar surface area (TPSA) is 132 Å². The molecule has 3 amide bonds. The monoisotopic (exact) mass is 818 g/mol. The first-order chi connectivity index (χ1) is 27.2. The summed E-state index contributed by atoms with van der Waals surface area (Å²) in [5, 5.41) is 5.71. The molecule has 312 valence electrons. The molecule has 0 radical (unpaired) electrons. The van der Waals surface area contributed by atoms with E-state index in [1.807, 2.05) is 6.92 Å². The van der Waals surface area contributed by atoms with Crippen LogP contribution < -0.4 is 10.6 Å². The van der Waals surface area contributed by atoms with Crippen LogP contribution in [0.2, 0.25) is 18.1 Å². The molecule has 14 heteroatoms. The zero-order valence-electron chi connectivity index (χ0n) is 34.9. The van der Waals surface area contributed by atoms with Crippen molar-refractivity contribution in [2.24, 2.45) is 0 Å². The Morgan fingerprint density at radius 1 is 0.948 bits per heavy atom. The Hall–Kier alpha value is -4.92. The number of benzene rings is 3. The average molecular weight is 819 g/mol. The van der Waals surface area contributed by atoms with Gasteiger partial charge in [0.15, 0.2) is 8.32 Å². The number of rotatable bonds is 14. The first kappa shape index (κ1) is 44.2. The van der Waals surface area contributed by atoms with Gasteiger partial charge < -0.3 is 29.0 Å². The van der Waals surface area contributed by atoms with Crippen LogP contribution in [0.25, 0.3) is 11.5 Å². The summed E-state index contributed by atoms with van der Waals surface area (Å²) in [7, 11) is -2.72. The van der Waals surface area contributed by atoms with Crippen LogP contribution >= 0.6 is 0 Å². The molecule has 11 nitrogen and oxygen atoms in total. The van der Waals surface area contributed by atoms with E-state index < -0.39 is 61.6 Å². The van der Waals surface area contributed by atoms with E-state index in [0.717, 1.165) is 12.5 Å². The van der Waals surface area contributed by atoms with Crippen LogP contribution in [0, 0.1) is 11.6 Å². The summed E-state index contributed by atoms with van der Waals surface area (Å²) in [6.45, 7) is 18.4. The zero-order valence-corrected chi connectivity index (χ0v) is 35.9. The number of aromatic nitrogens is 1. The number of amides is 3. The summed E-state index contributed by atoms with van der Waals surface area (Å²) in [4.78, 5) is 47.9. The van der Waals surface area contributed by atoms with Crippen molar-refractivity contribution in [2.45, 2.75) is 116 Å². The molecular weight excluding hydrogens is 763 g/mol. The second kappa shape index (κ2) is 18.3. The highest BCUT2D eigenvalue weighted by atomic mass is 28.4. The molecule has 1 saturated heterocycles. The number of anilines is 1. The Bertz CT molecular complexity index is 2010. The van der Waals surface area contributed by atoms with Crippen molar-refractivity contribution in [1.29, 1.82) is 0 Å². The van der Waals surface area contributed by atoms with Gasteiger partial charge >= 0.3 is 6.09 Å². The van der Waals surface area contributed by atoms with Crippen molar-refractivity contribution in [1.82, 2.24) is 15.2 Å². The molecule has 2 N–H and O–H groups in total. The van der Waals surface area contributed by atoms with Crippen molar-refractivity contribution in [2.75, 3.05) is 18.5 Å². The van der Waals surface area contributed by atoms with Crippen molar-refractivity contribution < 1.29 is 41.5 Å². The summed E-state index contributed by atoms with van der Waals surface area (Å²) in [6, 6.07) is 15.0. The second-order valence-corrected chi connectivity index (χ2v) is 22.0. The minimum Gasteiger partial charge on any atom is -0.445 e. The zero-order chi connectivity index (χ0) is 42.4. The molecule has 0 unspecified atom stereocenters. The molecule has 1 aliphatic rings. The van der Waals surface area contributed by atoms with Gasteiger partial charge in [-0.3, -0.25) is 14.5 Å². The van der Waals surface area contributed by atoms with E-state index in [1.54, 1.807) is 68.1 Å². The summed E-state index contributed by atoms with van der Waals surface area (Å²) < 4.78 is 54.5. The SMILES string of the molecule is CCCO[C@@H]1C[C@H]([C@@H](O[Si](C)(C)C(C)(C)C)[C@H](Cc2cc(F)cc(F)c2)NC(=O)c2cc(NC(=O)c3ccccc3)cc(-c3ncco3)c2)N(C(=O)OC(C)(C)C)C1. The molecule has 1 aromatic heterocycles. The molecule has 0 aliphatic carbocycles. The Kier molecular flexibility index (Phi) is 14.0. The maximum Gasteiger partial charge on any atom is 0.410 e. The minimum atomic E-state index is -2.72. The van der Waals surface area contributed by atoms with Crippen molar-refractivity contribution in [3.05, 3.63) is 108 Å². The van der Waals surface area contributed by atoms with Gasteiger partial charge in [0.05, 0.1) is 37.0 Å². The number of ether oxygens (including phenoxy) is 2. The lowest BCUT2D eigenvalue weighted by Gasteiger charge is -2.45. The fourth-order valence-corrected chi connectivity index (χ4v) is 7.97. The summed E-state index contributed by atoms with van der Waals surface area (Å²) in [6.07, 6.45) is 2.11. The van der Waals surface area contributed by atoms with Crippen LogP contribution in [-0.2, 0) is 20.3 Å². The molecule has 2 heterocycles. The summed E-state index contributed by atoms with van der Waals surface area (Å²) in [5.41, 5.74) is 0.734. The van der Waals surface area contributed by atoms with Crippen LogP contribution in [0.5, 0.6) is 0 Å². The number of nitrogens with zero attached hydrogens (tertiary/aromatic N) is 2. The van der Waals surface area contributed by atoms with Crippen LogP contribution in [0.4, 0.5) is 19.3 Å². The Morgan fingerprint density at radius 3 is 2.24 bits per heavy atom. The third kappa shape index (κ3) is 11.6. The number of carbonyl (C=O) groups excluding carboxylic acids is 3. The standard InChI is InChI=1S/C44H56F2N4O7Si/c1-10-17-54-35-26-37(50(27-35)42(53)56-43(2,3)4)38(57-58(8,9)44(5,6)7)36(21-28-19-32(45)25-33(46)20-28)49-40(52)30-22-31(41-47-16-18-55-41)24-34(23-30)48-39(51)29-14-12-11-13-15-29/h11-16,18-20,22-25,35-38H,10,17,21,26-27H2,1-9H3,(H,48,51)(H,49,52)/t35-,36+,37-,38+/m1/s1. The minimum absolute atomic E-state index is 0.0596. The highest BCUT2D eigenvalue weighted by Gasteiger charge is 2.49. The maximum absolute atomic E-state index is 14.8. The summed E-state index contributed by atoms with van der Waals surface area (Å²) >= 11 is 0. The maximum atomic E-state index is 14.8. The first-order valence-corrected chi connectivity index (χ1v) is 22.6.